The summed E-state index contributed by atoms with van der Waals surface area (Å²) < 4.78 is 0. The molecule has 1 aliphatic rings. The number of rotatable bonds is 0. The molecule has 0 fully saturated rings. The summed E-state index contributed by atoms with van der Waals surface area (Å²) in [7, 11) is 0. The fourth-order valence-corrected chi connectivity index (χ4v) is 1.46. The van der Waals surface area contributed by atoms with Crippen molar-refractivity contribution < 1.29 is 4.79 Å². The number of ketones is 1. The van der Waals surface area contributed by atoms with Crippen molar-refractivity contribution >= 4 is 11.9 Å². The van der Waals surface area contributed by atoms with Crippen LogP contribution in [0.15, 0.2) is 29.8 Å². The zero-order valence-corrected chi connectivity index (χ0v) is 10.6. The molecule has 1 aromatic carbocycles. The molecule has 1 nitrogen and oxygen atoms in total. The zero-order valence-electron chi connectivity index (χ0n) is 10.6. The van der Waals surface area contributed by atoms with Crippen LogP contribution in [0.1, 0.15) is 38.8 Å². The molecule has 0 heterocycles. The van der Waals surface area contributed by atoms with E-state index in [0.29, 0.717) is 6.42 Å². The number of hydrogen-bond acceptors (Lipinski definition) is 1. The molecular formula is C15H20O. The van der Waals surface area contributed by atoms with Crippen LogP contribution in [0.3, 0.4) is 0 Å². The summed E-state index contributed by atoms with van der Waals surface area (Å²) in [4.78, 5) is 11.3. The van der Waals surface area contributed by atoms with Crippen molar-refractivity contribution in [1.29, 1.82) is 0 Å². The second kappa shape index (κ2) is 5.64. The first-order valence-corrected chi connectivity index (χ1v) is 5.80. The van der Waals surface area contributed by atoms with Crippen LogP contribution in [-0.2, 0) is 11.2 Å². The lowest BCUT2D eigenvalue weighted by Crippen LogP contribution is -2.09. The van der Waals surface area contributed by atoms with Gasteiger partial charge in [0.2, 0.25) is 0 Å². The standard InChI is InChI=1S/C11H10O.C4H10/c1-8-6-9-4-2-3-5-10(9)7-11(8)12;1-4(2)3/h2-6H,7H2,1H3;4H,1-3H3. The molecule has 0 aliphatic heterocycles. The Balaban J connectivity index is 0.000000280. The number of carbonyl (C=O) groups is 1. The van der Waals surface area contributed by atoms with Crippen molar-refractivity contribution in [2.75, 3.05) is 0 Å². The Morgan fingerprint density at radius 2 is 1.69 bits per heavy atom. The molecule has 0 atom stereocenters. The van der Waals surface area contributed by atoms with Crippen LogP contribution >= 0.6 is 0 Å². The normalized spacial score (nSPS) is 13.8. The molecule has 86 valence electrons. The van der Waals surface area contributed by atoms with Gasteiger partial charge in [-0.05, 0) is 35.6 Å². The lowest BCUT2D eigenvalue weighted by Gasteiger charge is -2.11. The van der Waals surface area contributed by atoms with E-state index in [-0.39, 0.29) is 5.78 Å². The van der Waals surface area contributed by atoms with Crippen molar-refractivity contribution in [3.63, 3.8) is 0 Å². The molecule has 0 unspecified atom stereocenters. The molecule has 0 amide bonds. The molecule has 0 bridgehead atoms. The highest BCUT2D eigenvalue weighted by Crippen LogP contribution is 2.20. The molecule has 0 N–H and O–H groups in total. The van der Waals surface area contributed by atoms with E-state index in [4.69, 9.17) is 0 Å². The molecular weight excluding hydrogens is 196 g/mol. The lowest BCUT2D eigenvalue weighted by atomic mass is 9.92. The van der Waals surface area contributed by atoms with Crippen molar-refractivity contribution in [2.45, 2.75) is 34.1 Å². The molecule has 16 heavy (non-hydrogen) atoms. The zero-order chi connectivity index (χ0) is 12.1. The molecule has 0 radical (unpaired) electrons. The van der Waals surface area contributed by atoms with Crippen LogP contribution in [0.2, 0.25) is 0 Å². The highest BCUT2D eigenvalue weighted by Gasteiger charge is 2.13. The Morgan fingerprint density at radius 3 is 2.31 bits per heavy atom. The quantitative estimate of drug-likeness (QED) is 0.643. The highest BCUT2D eigenvalue weighted by molar-refractivity contribution is 6.03. The van der Waals surface area contributed by atoms with E-state index in [1.165, 1.54) is 5.56 Å². The third-order valence-electron chi connectivity index (χ3n) is 2.22. The number of benzene rings is 1. The average molecular weight is 216 g/mol. The minimum Gasteiger partial charge on any atom is -0.294 e. The Morgan fingerprint density at radius 1 is 1.12 bits per heavy atom. The Hall–Kier alpha value is -1.37. The second-order valence-electron chi connectivity index (χ2n) is 4.86. The summed E-state index contributed by atoms with van der Waals surface area (Å²) in [6, 6.07) is 8.03. The molecule has 2 rings (SSSR count). The summed E-state index contributed by atoms with van der Waals surface area (Å²) in [6.07, 6.45) is 2.53. The van der Waals surface area contributed by atoms with Gasteiger partial charge in [-0.2, -0.15) is 0 Å². The van der Waals surface area contributed by atoms with Gasteiger partial charge in [-0.15, -0.1) is 0 Å². The number of fused-ring (bicyclic) bond motifs is 1. The highest BCUT2D eigenvalue weighted by atomic mass is 16.1. The van der Waals surface area contributed by atoms with E-state index in [1.807, 2.05) is 37.3 Å². The molecule has 1 aromatic rings. The van der Waals surface area contributed by atoms with Crippen LogP contribution in [0.25, 0.3) is 6.08 Å². The van der Waals surface area contributed by atoms with Crippen LogP contribution in [0, 0.1) is 5.92 Å². The van der Waals surface area contributed by atoms with Crippen molar-refractivity contribution in [3.05, 3.63) is 41.0 Å². The minimum atomic E-state index is 0.244. The summed E-state index contributed by atoms with van der Waals surface area (Å²) in [5, 5.41) is 0. The van der Waals surface area contributed by atoms with Gasteiger partial charge in [0.1, 0.15) is 0 Å². The fraction of sp³-hybridized carbons (Fsp3) is 0.400. The third-order valence-corrected chi connectivity index (χ3v) is 2.22. The maximum atomic E-state index is 11.3. The number of carbonyl (C=O) groups excluding carboxylic acids is 1. The lowest BCUT2D eigenvalue weighted by molar-refractivity contribution is -0.114. The predicted octanol–water partition coefficient (Wildman–Crippen LogP) is 3.88. The molecule has 1 aliphatic carbocycles. The second-order valence-corrected chi connectivity index (χ2v) is 4.86. The summed E-state index contributed by atoms with van der Waals surface area (Å²) in [6.45, 7) is 8.37. The average Bonchev–Trinajstić information content (AvgIpc) is 2.19. The number of Topliss-reactive ketones (excluding diaryl/α,β-unsaturated/α-hetero) is 1. The van der Waals surface area contributed by atoms with Crippen LogP contribution < -0.4 is 0 Å². The summed E-state index contributed by atoms with van der Waals surface area (Å²) >= 11 is 0. The van der Waals surface area contributed by atoms with Gasteiger partial charge in [-0.1, -0.05) is 45.0 Å². The van der Waals surface area contributed by atoms with E-state index >= 15 is 0 Å². The van der Waals surface area contributed by atoms with Crippen molar-refractivity contribution in [3.8, 4) is 0 Å². The van der Waals surface area contributed by atoms with Gasteiger partial charge in [0.25, 0.3) is 0 Å². The fourth-order valence-electron chi connectivity index (χ4n) is 1.46. The van der Waals surface area contributed by atoms with Gasteiger partial charge >= 0.3 is 0 Å². The molecule has 1 heteroatoms. The third kappa shape index (κ3) is 3.65. The van der Waals surface area contributed by atoms with Gasteiger partial charge < -0.3 is 0 Å². The largest absolute Gasteiger partial charge is 0.294 e. The first-order valence-electron chi connectivity index (χ1n) is 5.80. The Kier molecular flexibility index (Phi) is 4.48. The first-order chi connectivity index (χ1) is 7.50. The van der Waals surface area contributed by atoms with Gasteiger partial charge in [-0.25, -0.2) is 0 Å². The SMILES string of the molecule is CC(C)C.CC1=Cc2ccccc2CC1=O. The van der Waals surface area contributed by atoms with Crippen LogP contribution in [0.5, 0.6) is 0 Å². The maximum Gasteiger partial charge on any atom is 0.162 e. The molecule has 0 saturated carbocycles. The molecule has 0 spiro atoms. The predicted molar refractivity (Wildman–Crippen MR) is 69.3 cm³/mol. The van der Waals surface area contributed by atoms with Gasteiger partial charge in [0, 0.05) is 6.42 Å². The monoisotopic (exact) mass is 216 g/mol. The maximum absolute atomic E-state index is 11.3. The van der Waals surface area contributed by atoms with E-state index < -0.39 is 0 Å². The number of allylic oxidation sites excluding steroid dienone is 1. The minimum absolute atomic E-state index is 0.244. The van der Waals surface area contributed by atoms with E-state index in [0.717, 1.165) is 17.1 Å². The van der Waals surface area contributed by atoms with Gasteiger partial charge in [0.05, 0.1) is 0 Å². The Labute approximate surface area is 98.2 Å². The van der Waals surface area contributed by atoms with Crippen LogP contribution in [0.4, 0.5) is 0 Å². The summed E-state index contributed by atoms with van der Waals surface area (Å²) in [5.74, 6) is 1.08. The van der Waals surface area contributed by atoms with Crippen molar-refractivity contribution in [1.82, 2.24) is 0 Å². The molecule has 0 aromatic heterocycles. The van der Waals surface area contributed by atoms with E-state index in [9.17, 15) is 4.79 Å². The van der Waals surface area contributed by atoms with E-state index in [2.05, 4.69) is 20.8 Å². The molecule has 0 saturated heterocycles. The Bertz CT molecular complexity index is 397. The number of hydrogen-bond donors (Lipinski definition) is 0. The summed E-state index contributed by atoms with van der Waals surface area (Å²) in [5.41, 5.74) is 3.21. The van der Waals surface area contributed by atoms with E-state index in [1.54, 1.807) is 0 Å². The topological polar surface area (TPSA) is 17.1 Å². The van der Waals surface area contributed by atoms with Gasteiger partial charge in [0.15, 0.2) is 5.78 Å². The van der Waals surface area contributed by atoms with Crippen LogP contribution in [-0.4, -0.2) is 5.78 Å². The van der Waals surface area contributed by atoms with Crippen molar-refractivity contribution in [2.24, 2.45) is 5.92 Å². The first kappa shape index (κ1) is 12.7. The smallest absolute Gasteiger partial charge is 0.162 e. The van der Waals surface area contributed by atoms with Gasteiger partial charge in [-0.3, -0.25) is 4.79 Å².